The second-order valence-electron chi connectivity index (χ2n) is 6.80. The highest BCUT2D eigenvalue weighted by Crippen LogP contribution is 2.40. The Morgan fingerprint density at radius 3 is 2.30 bits per heavy atom. The minimum atomic E-state index is -4.67. The van der Waals surface area contributed by atoms with Gasteiger partial charge in [-0.25, -0.2) is 8.42 Å². The summed E-state index contributed by atoms with van der Waals surface area (Å²) < 4.78 is 73.4. The van der Waals surface area contributed by atoms with Crippen molar-refractivity contribution in [2.24, 2.45) is 0 Å². The monoisotopic (exact) mass is 502 g/mol. The van der Waals surface area contributed by atoms with E-state index >= 15 is 0 Å². The van der Waals surface area contributed by atoms with Gasteiger partial charge in [-0.1, -0.05) is 34.8 Å². The number of hydrogen-bond donors (Lipinski definition) is 1. The van der Waals surface area contributed by atoms with Gasteiger partial charge in [-0.05, 0) is 37.7 Å². The highest BCUT2D eigenvalue weighted by atomic mass is 35.5. The van der Waals surface area contributed by atoms with Crippen molar-refractivity contribution in [3.8, 4) is 5.75 Å². The average molecular weight is 504 g/mol. The Bertz CT molecular complexity index is 1040. The summed E-state index contributed by atoms with van der Waals surface area (Å²) in [6.07, 6.45) is -4.55. The molecule has 0 radical (unpaired) electrons. The van der Waals surface area contributed by atoms with Crippen LogP contribution in [-0.4, -0.2) is 39.6 Å². The molecule has 5 nitrogen and oxygen atoms in total. The number of rotatable bonds is 5. The van der Waals surface area contributed by atoms with Crippen molar-refractivity contribution in [3.63, 3.8) is 0 Å². The Kier molecular flexibility index (Phi) is 6.69. The molecule has 0 spiro atoms. The lowest BCUT2D eigenvalue weighted by molar-refractivity contribution is -0.139. The first-order valence-corrected chi connectivity index (χ1v) is 11.2. The molecule has 2 aromatic carbocycles. The third-order valence-electron chi connectivity index (χ3n) is 4.41. The topological polar surface area (TPSA) is 58.6 Å². The first-order valence-electron chi connectivity index (χ1n) is 8.60. The van der Waals surface area contributed by atoms with E-state index in [4.69, 9.17) is 39.5 Å². The number of sulfonamides is 1. The van der Waals surface area contributed by atoms with Crippen LogP contribution in [0.25, 0.3) is 0 Å². The molecule has 2 aromatic rings. The molecule has 0 amide bonds. The molecule has 1 aliphatic heterocycles. The smallest absolute Gasteiger partial charge is 0.419 e. The molecule has 1 aliphatic rings. The first-order chi connectivity index (χ1) is 13.9. The van der Waals surface area contributed by atoms with Gasteiger partial charge in [0.2, 0.25) is 0 Å². The van der Waals surface area contributed by atoms with Crippen molar-refractivity contribution in [2.75, 3.05) is 24.9 Å². The van der Waals surface area contributed by atoms with Crippen LogP contribution >= 0.6 is 34.8 Å². The zero-order chi connectivity index (χ0) is 22.3. The molecule has 1 atom stereocenters. The minimum Gasteiger partial charge on any atom is -0.488 e. The number of likely N-dealkylation sites (tertiary alicyclic amines) is 1. The summed E-state index contributed by atoms with van der Waals surface area (Å²) in [4.78, 5) is 1.49. The van der Waals surface area contributed by atoms with Crippen molar-refractivity contribution in [1.29, 1.82) is 0 Å². The maximum absolute atomic E-state index is 13.4. The Morgan fingerprint density at radius 2 is 1.77 bits per heavy atom. The van der Waals surface area contributed by atoms with Gasteiger partial charge in [-0.3, -0.25) is 4.72 Å². The first kappa shape index (κ1) is 23.3. The molecule has 0 bridgehead atoms. The Morgan fingerprint density at radius 1 is 1.13 bits per heavy atom. The molecular weight excluding hydrogens is 488 g/mol. The standard InChI is InChI=1S/C18H16Cl3F3N2O3S/c1-26-5-4-12(9-26)29-16-8-11(2-3-13(16)18(22,23)24)25-30(27,28)17-14(20)6-10(19)7-15(17)21/h2-3,6-8,12,25H,4-5,9H2,1H3. The van der Waals surface area contributed by atoms with Crippen LogP contribution in [0, 0.1) is 0 Å². The van der Waals surface area contributed by atoms with Crippen LogP contribution < -0.4 is 9.46 Å². The van der Waals surface area contributed by atoms with Crippen LogP contribution in [0.3, 0.4) is 0 Å². The fraction of sp³-hybridized carbons (Fsp3) is 0.333. The lowest BCUT2D eigenvalue weighted by atomic mass is 10.1. The molecule has 1 N–H and O–H groups in total. The summed E-state index contributed by atoms with van der Waals surface area (Å²) in [6, 6.07) is 5.14. The predicted molar refractivity (Wildman–Crippen MR) is 110 cm³/mol. The van der Waals surface area contributed by atoms with Crippen molar-refractivity contribution in [1.82, 2.24) is 4.90 Å². The van der Waals surface area contributed by atoms with Gasteiger partial charge in [0.05, 0.1) is 21.3 Å². The van der Waals surface area contributed by atoms with E-state index in [2.05, 4.69) is 4.72 Å². The molecule has 0 aliphatic carbocycles. The Labute approximate surface area is 186 Å². The largest absolute Gasteiger partial charge is 0.488 e. The van der Waals surface area contributed by atoms with Crippen LogP contribution in [0.15, 0.2) is 35.2 Å². The number of likely N-dealkylation sites (N-methyl/N-ethyl adjacent to an activating group) is 1. The summed E-state index contributed by atoms with van der Waals surface area (Å²) in [5.41, 5.74) is -1.13. The molecule has 164 valence electrons. The number of nitrogens with one attached hydrogen (secondary N) is 1. The van der Waals surface area contributed by atoms with E-state index < -0.39 is 38.5 Å². The molecule has 1 saturated heterocycles. The van der Waals surface area contributed by atoms with Crippen molar-refractivity contribution < 1.29 is 26.3 Å². The second kappa shape index (κ2) is 8.63. The number of nitrogens with zero attached hydrogens (tertiary/aromatic N) is 1. The van der Waals surface area contributed by atoms with E-state index in [1.807, 2.05) is 11.9 Å². The number of halogens is 6. The molecule has 1 heterocycles. The highest BCUT2D eigenvalue weighted by molar-refractivity contribution is 7.93. The van der Waals surface area contributed by atoms with Crippen molar-refractivity contribution in [3.05, 3.63) is 51.0 Å². The van der Waals surface area contributed by atoms with E-state index in [0.29, 0.717) is 19.5 Å². The van der Waals surface area contributed by atoms with Crippen LogP contribution in [0.1, 0.15) is 12.0 Å². The van der Waals surface area contributed by atoms with E-state index in [9.17, 15) is 21.6 Å². The van der Waals surface area contributed by atoms with Gasteiger partial charge in [0.1, 0.15) is 16.7 Å². The Hall–Kier alpha value is -1.39. The van der Waals surface area contributed by atoms with Crippen LogP contribution in [0.5, 0.6) is 5.75 Å². The van der Waals surface area contributed by atoms with Gasteiger partial charge < -0.3 is 9.64 Å². The SMILES string of the molecule is CN1CCC(Oc2cc(NS(=O)(=O)c3c(Cl)cc(Cl)cc3Cl)ccc2C(F)(F)F)C1. The van der Waals surface area contributed by atoms with Crippen molar-refractivity contribution in [2.45, 2.75) is 23.6 Å². The summed E-state index contributed by atoms with van der Waals surface area (Å²) in [5, 5.41) is -0.314. The maximum atomic E-state index is 13.4. The van der Waals surface area contributed by atoms with Gasteiger partial charge in [0, 0.05) is 24.2 Å². The number of ether oxygens (including phenoxy) is 1. The summed E-state index contributed by atoms with van der Waals surface area (Å²) >= 11 is 17.7. The zero-order valence-electron chi connectivity index (χ0n) is 15.4. The normalized spacial score (nSPS) is 17.9. The molecule has 0 saturated carbocycles. The van der Waals surface area contributed by atoms with Gasteiger partial charge in [-0.15, -0.1) is 0 Å². The van der Waals surface area contributed by atoms with Crippen LogP contribution in [0.2, 0.25) is 15.1 Å². The number of anilines is 1. The fourth-order valence-electron chi connectivity index (χ4n) is 3.08. The number of alkyl halides is 3. The molecule has 12 heteroatoms. The molecule has 3 rings (SSSR count). The van der Waals surface area contributed by atoms with Crippen LogP contribution in [-0.2, 0) is 16.2 Å². The number of hydrogen-bond acceptors (Lipinski definition) is 4. The highest BCUT2D eigenvalue weighted by Gasteiger charge is 2.36. The van der Waals surface area contributed by atoms with Gasteiger partial charge in [-0.2, -0.15) is 13.2 Å². The fourth-order valence-corrected chi connectivity index (χ4v) is 5.68. The average Bonchev–Trinajstić information content (AvgIpc) is 2.97. The third kappa shape index (κ3) is 5.26. The van der Waals surface area contributed by atoms with Crippen LogP contribution in [0.4, 0.5) is 18.9 Å². The van der Waals surface area contributed by atoms with Gasteiger partial charge in [0.15, 0.2) is 0 Å². The van der Waals surface area contributed by atoms with Crippen molar-refractivity contribution >= 4 is 50.5 Å². The Balaban J connectivity index is 1.95. The minimum absolute atomic E-state index is 0.133. The van der Waals surface area contributed by atoms with Gasteiger partial charge >= 0.3 is 6.18 Å². The molecular formula is C18H16Cl3F3N2O3S. The lowest BCUT2D eigenvalue weighted by Gasteiger charge is -2.20. The quantitative estimate of drug-likeness (QED) is 0.581. The maximum Gasteiger partial charge on any atom is 0.419 e. The number of benzene rings is 2. The molecule has 30 heavy (non-hydrogen) atoms. The summed E-state index contributed by atoms with van der Waals surface area (Å²) in [7, 11) is -2.48. The zero-order valence-corrected chi connectivity index (χ0v) is 18.5. The van der Waals surface area contributed by atoms with E-state index in [1.54, 1.807) is 0 Å². The predicted octanol–water partition coefficient (Wildman–Crippen LogP) is 5.55. The van der Waals surface area contributed by atoms with E-state index in [-0.39, 0.29) is 20.8 Å². The molecule has 0 aromatic heterocycles. The molecule has 1 unspecified atom stereocenters. The lowest BCUT2D eigenvalue weighted by Crippen LogP contribution is -2.23. The second-order valence-corrected chi connectivity index (χ2v) is 9.67. The third-order valence-corrected chi connectivity index (χ3v) is 6.93. The van der Waals surface area contributed by atoms with E-state index in [0.717, 1.165) is 18.2 Å². The van der Waals surface area contributed by atoms with Gasteiger partial charge in [0.25, 0.3) is 10.0 Å². The van der Waals surface area contributed by atoms with E-state index in [1.165, 1.54) is 12.1 Å². The summed E-state index contributed by atoms with van der Waals surface area (Å²) in [5.74, 6) is -0.462. The molecule has 1 fully saturated rings. The summed E-state index contributed by atoms with van der Waals surface area (Å²) in [6.45, 7) is 1.15.